The minimum atomic E-state index is -4.49. The second kappa shape index (κ2) is 28.8. The Kier molecular flexibility index (Phi) is 28.1. The van der Waals surface area contributed by atoms with Gasteiger partial charge in [0.1, 0.15) is 0 Å². The quantitative estimate of drug-likeness (QED) is 0.0447. The Labute approximate surface area is 257 Å². The molecule has 0 bridgehead atoms. The third-order valence-corrected chi connectivity index (χ3v) is 9.35. The van der Waals surface area contributed by atoms with Crippen LogP contribution in [0.15, 0.2) is 0 Å². The topological polar surface area (TPSA) is 119 Å². The van der Waals surface area contributed by atoms with Crippen molar-refractivity contribution < 1.29 is 38.2 Å². The van der Waals surface area contributed by atoms with E-state index in [1.165, 1.54) is 89.9 Å². The van der Waals surface area contributed by atoms with Crippen LogP contribution in [0.2, 0.25) is 0 Å². The molecule has 0 aromatic rings. The van der Waals surface area contributed by atoms with E-state index in [2.05, 4.69) is 13.8 Å². The molecule has 42 heavy (non-hydrogen) atoms. The molecular formula is C33H65O8P. The summed E-state index contributed by atoms with van der Waals surface area (Å²) < 4.78 is 28.4. The summed E-state index contributed by atoms with van der Waals surface area (Å²) in [7, 11) is -4.49. The Morgan fingerprint density at radius 1 is 0.571 bits per heavy atom. The number of unbranched alkanes of at least 4 members (excludes halogenated alkanes) is 20. The molecule has 8 nitrogen and oxygen atoms in total. The van der Waals surface area contributed by atoms with Crippen molar-refractivity contribution in [2.24, 2.45) is 0 Å². The lowest BCUT2D eigenvalue weighted by molar-refractivity contribution is -0.166. The highest BCUT2D eigenvalue weighted by Crippen LogP contribution is 2.50. The van der Waals surface area contributed by atoms with Crippen molar-refractivity contribution in [1.82, 2.24) is 0 Å². The molecule has 0 amide bonds. The minimum absolute atomic E-state index is 0.0878. The molecule has 2 N–H and O–H groups in total. The second-order valence-electron chi connectivity index (χ2n) is 11.6. The predicted molar refractivity (Wildman–Crippen MR) is 170 cm³/mol. The van der Waals surface area contributed by atoms with Crippen LogP contribution in [0.3, 0.4) is 0 Å². The molecule has 9 heteroatoms. The van der Waals surface area contributed by atoms with E-state index in [9.17, 15) is 24.2 Å². The van der Waals surface area contributed by atoms with E-state index >= 15 is 0 Å². The molecule has 0 aromatic carbocycles. The zero-order valence-electron chi connectivity index (χ0n) is 27.3. The Hall–Kier alpha value is -0.950. The van der Waals surface area contributed by atoms with E-state index in [0.29, 0.717) is 12.8 Å². The van der Waals surface area contributed by atoms with E-state index < -0.39 is 38.1 Å². The van der Waals surface area contributed by atoms with E-state index in [4.69, 9.17) is 14.0 Å². The first-order valence-corrected chi connectivity index (χ1v) is 18.9. The fourth-order valence-electron chi connectivity index (χ4n) is 5.09. The van der Waals surface area contributed by atoms with Gasteiger partial charge in [0, 0.05) is 12.8 Å². The maximum absolute atomic E-state index is 12.8. The van der Waals surface area contributed by atoms with Gasteiger partial charge >= 0.3 is 19.5 Å². The van der Waals surface area contributed by atoms with Crippen LogP contribution in [0.5, 0.6) is 0 Å². The van der Waals surface area contributed by atoms with Crippen molar-refractivity contribution in [1.29, 1.82) is 0 Å². The number of hydrogen-bond acceptors (Lipinski definition) is 7. The lowest BCUT2D eigenvalue weighted by Gasteiger charge is -2.28. The standard InChI is InChI=1S/C33H65O8P/c1-4-7-9-11-13-15-17-19-21-23-25-27-31(35)40-30(29-34)33(42(37,38)39-6-3)41-32(36)28-26-24-22-20-18-16-14-12-10-8-5-2/h30,33-34H,4-29H2,1-3H3,(H,37,38)/t30-,33?/m0/s1. The first-order chi connectivity index (χ1) is 20.3. The van der Waals surface area contributed by atoms with Gasteiger partial charge in [-0.1, -0.05) is 142 Å². The summed E-state index contributed by atoms with van der Waals surface area (Å²) in [6.45, 7) is 5.14. The molecule has 0 aliphatic rings. The van der Waals surface area contributed by atoms with Gasteiger partial charge in [0.15, 0.2) is 6.10 Å². The van der Waals surface area contributed by atoms with E-state index in [1.807, 2.05) is 0 Å². The maximum Gasteiger partial charge on any atom is 0.372 e. The molecule has 0 rings (SSSR count). The number of aliphatic hydroxyl groups is 1. The van der Waals surface area contributed by atoms with E-state index in [1.54, 1.807) is 6.92 Å². The summed E-state index contributed by atoms with van der Waals surface area (Å²) >= 11 is 0. The van der Waals surface area contributed by atoms with Gasteiger partial charge in [0.2, 0.25) is 5.85 Å². The lowest BCUT2D eigenvalue weighted by Crippen LogP contribution is -2.38. The Morgan fingerprint density at radius 2 is 0.905 bits per heavy atom. The molecule has 0 aromatic heterocycles. The van der Waals surface area contributed by atoms with Crippen LogP contribution in [-0.4, -0.2) is 47.1 Å². The highest BCUT2D eigenvalue weighted by molar-refractivity contribution is 7.53. The third kappa shape index (κ3) is 23.5. The highest BCUT2D eigenvalue weighted by Gasteiger charge is 2.44. The lowest BCUT2D eigenvalue weighted by atomic mass is 10.1. The van der Waals surface area contributed by atoms with Crippen molar-refractivity contribution in [2.75, 3.05) is 13.2 Å². The maximum atomic E-state index is 12.8. The summed E-state index contributed by atoms with van der Waals surface area (Å²) in [5.41, 5.74) is 0. The molecular weight excluding hydrogens is 555 g/mol. The van der Waals surface area contributed by atoms with Crippen molar-refractivity contribution in [3.63, 3.8) is 0 Å². The van der Waals surface area contributed by atoms with Gasteiger partial charge < -0.3 is 24.0 Å². The van der Waals surface area contributed by atoms with Crippen molar-refractivity contribution in [3.05, 3.63) is 0 Å². The van der Waals surface area contributed by atoms with Gasteiger partial charge in [0.25, 0.3) is 0 Å². The summed E-state index contributed by atoms with van der Waals surface area (Å²) in [6, 6.07) is 0. The van der Waals surface area contributed by atoms with Crippen LogP contribution < -0.4 is 0 Å². The molecule has 0 radical (unpaired) electrons. The number of carbonyl (C=O) groups is 2. The zero-order valence-corrected chi connectivity index (χ0v) is 28.2. The van der Waals surface area contributed by atoms with Crippen LogP contribution in [-0.2, 0) is 28.2 Å². The predicted octanol–water partition coefficient (Wildman–Crippen LogP) is 9.38. The van der Waals surface area contributed by atoms with Crippen LogP contribution in [0, 0.1) is 0 Å². The van der Waals surface area contributed by atoms with Gasteiger partial charge in [-0.3, -0.25) is 14.2 Å². The fourth-order valence-corrected chi connectivity index (χ4v) is 6.43. The molecule has 0 heterocycles. The Morgan fingerprint density at radius 3 is 1.24 bits per heavy atom. The Bertz CT molecular complexity index is 687. The molecule has 2 unspecified atom stereocenters. The molecule has 0 aliphatic heterocycles. The van der Waals surface area contributed by atoms with Crippen molar-refractivity contribution >= 4 is 19.5 Å². The second-order valence-corrected chi connectivity index (χ2v) is 13.5. The molecule has 0 spiro atoms. The van der Waals surface area contributed by atoms with Crippen LogP contribution in [0.1, 0.15) is 175 Å². The van der Waals surface area contributed by atoms with Crippen molar-refractivity contribution in [2.45, 2.75) is 187 Å². The summed E-state index contributed by atoms with van der Waals surface area (Å²) in [6.07, 6.45) is 24.0. The first-order valence-electron chi connectivity index (χ1n) is 17.3. The van der Waals surface area contributed by atoms with Gasteiger partial charge in [-0.2, -0.15) is 0 Å². The minimum Gasteiger partial charge on any atom is -0.455 e. The van der Waals surface area contributed by atoms with Gasteiger partial charge in [-0.15, -0.1) is 0 Å². The monoisotopic (exact) mass is 620 g/mol. The van der Waals surface area contributed by atoms with E-state index in [-0.39, 0.29) is 19.4 Å². The molecule has 0 saturated carbocycles. The SMILES string of the molecule is CCCCCCCCCCCCCC(=O)OC([C@H](CO)OC(=O)CCCCCCCCCCCCC)P(=O)(O)OCC. The van der Waals surface area contributed by atoms with E-state index in [0.717, 1.165) is 38.5 Å². The normalized spacial score (nSPS) is 14.3. The van der Waals surface area contributed by atoms with Gasteiger partial charge in [-0.05, 0) is 19.8 Å². The number of esters is 2. The van der Waals surface area contributed by atoms with Gasteiger partial charge in [-0.25, -0.2) is 0 Å². The number of rotatable bonds is 31. The summed E-state index contributed by atoms with van der Waals surface area (Å²) in [5.74, 6) is -3.01. The third-order valence-electron chi connectivity index (χ3n) is 7.64. The molecule has 3 atom stereocenters. The van der Waals surface area contributed by atoms with Crippen LogP contribution in [0.25, 0.3) is 0 Å². The summed E-state index contributed by atoms with van der Waals surface area (Å²) in [4.78, 5) is 35.4. The summed E-state index contributed by atoms with van der Waals surface area (Å²) in [5, 5.41) is 9.87. The van der Waals surface area contributed by atoms with Gasteiger partial charge in [0.05, 0.1) is 13.2 Å². The number of aliphatic hydroxyl groups excluding tert-OH is 1. The number of ether oxygens (including phenoxy) is 2. The Balaban J connectivity index is 4.40. The van der Waals surface area contributed by atoms with Crippen molar-refractivity contribution in [3.8, 4) is 0 Å². The smallest absolute Gasteiger partial charge is 0.372 e. The molecule has 0 fully saturated rings. The molecule has 250 valence electrons. The average Bonchev–Trinajstić information content (AvgIpc) is 2.96. The largest absolute Gasteiger partial charge is 0.455 e. The fraction of sp³-hybridized carbons (Fsp3) is 0.939. The number of carbonyl (C=O) groups excluding carboxylic acids is 2. The van der Waals surface area contributed by atoms with Crippen LogP contribution in [0.4, 0.5) is 0 Å². The average molecular weight is 621 g/mol. The molecule has 0 saturated heterocycles. The number of hydrogen-bond donors (Lipinski definition) is 2. The first kappa shape index (κ1) is 41.0. The molecule has 0 aliphatic carbocycles. The van der Waals surface area contributed by atoms with Crippen LogP contribution >= 0.6 is 7.60 Å². The zero-order chi connectivity index (χ0) is 31.3. The highest BCUT2D eigenvalue weighted by atomic mass is 31.2.